The van der Waals surface area contributed by atoms with Crippen molar-refractivity contribution in [1.29, 1.82) is 0 Å². The molecule has 1 saturated heterocycles. The monoisotopic (exact) mass is 365 g/mol. The van der Waals surface area contributed by atoms with E-state index in [-0.39, 0.29) is 5.91 Å². The summed E-state index contributed by atoms with van der Waals surface area (Å²) in [4.78, 5) is 17.3. The molecule has 1 aliphatic heterocycles. The molecule has 27 heavy (non-hydrogen) atoms. The van der Waals surface area contributed by atoms with Gasteiger partial charge in [0.05, 0.1) is 6.54 Å². The van der Waals surface area contributed by atoms with Gasteiger partial charge in [0.25, 0.3) is 0 Å². The zero-order valence-corrected chi connectivity index (χ0v) is 16.8. The number of para-hydroxylation sites is 1. The van der Waals surface area contributed by atoms with E-state index in [1.54, 1.807) is 0 Å². The summed E-state index contributed by atoms with van der Waals surface area (Å²) in [6.45, 7) is 11.7. The highest BCUT2D eigenvalue weighted by Crippen LogP contribution is 2.21. The highest BCUT2D eigenvalue weighted by atomic mass is 16.2. The van der Waals surface area contributed by atoms with Crippen LogP contribution in [0.4, 0.5) is 5.69 Å². The van der Waals surface area contributed by atoms with Crippen LogP contribution in [0.25, 0.3) is 0 Å². The minimum absolute atomic E-state index is 0.0890. The van der Waals surface area contributed by atoms with Crippen molar-refractivity contribution in [1.82, 2.24) is 9.80 Å². The van der Waals surface area contributed by atoms with Gasteiger partial charge in [0, 0.05) is 38.4 Å². The first kappa shape index (κ1) is 19.6. The summed E-state index contributed by atoms with van der Waals surface area (Å²) in [6, 6.07) is 14.9. The molecular weight excluding hydrogens is 334 g/mol. The number of anilines is 1. The van der Waals surface area contributed by atoms with Gasteiger partial charge < -0.3 is 5.32 Å². The largest absolute Gasteiger partial charge is 0.324 e. The molecule has 3 rings (SSSR count). The Kier molecular flexibility index (Phi) is 6.64. The van der Waals surface area contributed by atoms with E-state index in [1.807, 2.05) is 0 Å². The van der Waals surface area contributed by atoms with Crippen molar-refractivity contribution in [2.24, 2.45) is 0 Å². The molecule has 0 aromatic heterocycles. The molecule has 0 aliphatic carbocycles. The number of carbonyl (C=O) groups excluding carboxylic acids is 1. The van der Waals surface area contributed by atoms with Gasteiger partial charge in [-0.2, -0.15) is 0 Å². The topological polar surface area (TPSA) is 35.6 Å². The molecule has 1 amide bonds. The summed E-state index contributed by atoms with van der Waals surface area (Å²) in [5.41, 5.74) is 6.00. The molecule has 1 heterocycles. The molecule has 2 aromatic carbocycles. The zero-order chi connectivity index (χ0) is 19.2. The molecule has 0 unspecified atom stereocenters. The number of aryl methyl sites for hydroxylation is 3. The second-order valence-electron chi connectivity index (χ2n) is 7.55. The number of carbonyl (C=O) groups is 1. The second-order valence-corrected chi connectivity index (χ2v) is 7.55. The van der Waals surface area contributed by atoms with Gasteiger partial charge in [-0.3, -0.25) is 14.6 Å². The molecule has 0 atom stereocenters. The lowest BCUT2D eigenvalue weighted by Gasteiger charge is -2.34. The summed E-state index contributed by atoms with van der Waals surface area (Å²) in [7, 11) is 0. The fourth-order valence-corrected chi connectivity index (χ4v) is 3.76. The Hall–Kier alpha value is -2.17. The maximum absolute atomic E-state index is 12.5. The molecule has 0 saturated carbocycles. The summed E-state index contributed by atoms with van der Waals surface area (Å²) in [5, 5.41) is 3.14. The fourth-order valence-electron chi connectivity index (χ4n) is 3.76. The number of hydrogen-bond acceptors (Lipinski definition) is 3. The van der Waals surface area contributed by atoms with E-state index in [4.69, 9.17) is 0 Å². The third kappa shape index (κ3) is 5.41. The van der Waals surface area contributed by atoms with Crippen molar-refractivity contribution in [3.05, 3.63) is 64.7 Å². The molecule has 1 aliphatic rings. The molecule has 0 spiro atoms. The Balaban J connectivity index is 1.48. The number of rotatable bonds is 6. The van der Waals surface area contributed by atoms with E-state index >= 15 is 0 Å². The van der Waals surface area contributed by atoms with Crippen LogP contribution in [0.3, 0.4) is 0 Å². The zero-order valence-electron chi connectivity index (χ0n) is 16.8. The number of hydrogen-bond donors (Lipinski definition) is 1. The molecule has 144 valence electrons. The lowest BCUT2D eigenvalue weighted by atomic mass is 10.1. The predicted octanol–water partition coefficient (Wildman–Crippen LogP) is 3.62. The summed E-state index contributed by atoms with van der Waals surface area (Å²) in [6.07, 6.45) is 0.926. The van der Waals surface area contributed by atoms with Crippen LogP contribution >= 0.6 is 0 Å². The van der Waals surface area contributed by atoms with Crippen LogP contribution < -0.4 is 5.32 Å². The Morgan fingerprint density at radius 1 is 1.00 bits per heavy atom. The highest BCUT2D eigenvalue weighted by molar-refractivity contribution is 5.93. The van der Waals surface area contributed by atoms with Crippen LogP contribution in [0.15, 0.2) is 42.5 Å². The van der Waals surface area contributed by atoms with Gasteiger partial charge in [-0.15, -0.1) is 0 Å². The predicted molar refractivity (Wildman–Crippen MR) is 112 cm³/mol. The molecule has 0 bridgehead atoms. The van der Waals surface area contributed by atoms with Crippen LogP contribution in [-0.2, 0) is 17.8 Å². The van der Waals surface area contributed by atoms with Crippen molar-refractivity contribution in [3.8, 4) is 0 Å². The van der Waals surface area contributed by atoms with E-state index in [2.05, 4.69) is 78.4 Å². The molecule has 1 fully saturated rings. The lowest BCUT2D eigenvalue weighted by molar-refractivity contribution is -0.117. The third-order valence-corrected chi connectivity index (χ3v) is 5.33. The lowest BCUT2D eigenvalue weighted by Crippen LogP contribution is -2.48. The summed E-state index contributed by atoms with van der Waals surface area (Å²) in [5.74, 6) is 0.0890. The van der Waals surface area contributed by atoms with Gasteiger partial charge in [-0.25, -0.2) is 0 Å². The van der Waals surface area contributed by atoms with Gasteiger partial charge in [0.1, 0.15) is 0 Å². The highest BCUT2D eigenvalue weighted by Gasteiger charge is 2.19. The van der Waals surface area contributed by atoms with Gasteiger partial charge in [0.15, 0.2) is 0 Å². The molecule has 4 heteroatoms. The van der Waals surface area contributed by atoms with Crippen molar-refractivity contribution >= 4 is 11.6 Å². The molecule has 4 nitrogen and oxygen atoms in total. The average molecular weight is 366 g/mol. The summed E-state index contributed by atoms with van der Waals surface area (Å²) >= 11 is 0. The van der Waals surface area contributed by atoms with Crippen molar-refractivity contribution < 1.29 is 4.79 Å². The Morgan fingerprint density at radius 2 is 1.70 bits per heavy atom. The van der Waals surface area contributed by atoms with Crippen molar-refractivity contribution in [3.63, 3.8) is 0 Å². The van der Waals surface area contributed by atoms with Crippen molar-refractivity contribution in [2.75, 3.05) is 38.0 Å². The first-order valence-corrected chi connectivity index (χ1v) is 9.93. The normalized spacial score (nSPS) is 15.7. The molecule has 0 radical (unpaired) electrons. The molecular formula is C23H31N3O. The van der Waals surface area contributed by atoms with E-state index in [0.29, 0.717) is 6.54 Å². The first-order chi connectivity index (χ1) is 13.0. The van der Waals surface area contributed by atoms with E-state index in [9.17, 15) is 4.79 Å². The quantitative estimate of drug-likeness (QED) is 0.849. The van der Waals surface area contributed by atoms with Gasteiger partial charge in [-0.05, 0) is 37.0 Å². The summed E-state index contributed by atoms with van der Waals surface area (Å²) < 4.78 is 0. The average Bonchev–Trinajstić information content (AvgIpc) is 2.65. The number of benzene rings is 2. The van der Waals surface area contributed by atoms with E-state index in [1.165, 1.54) is 16.7 Å². The first-order valence-electron chi connectivity index (χ1n) is 9.93. The minimum Gasteiger partial charge on any atom is -0.324 e. The van der Waals surface area contributed by atoms with Gasteiger partial charge in [-0.1, -0.05) is 55.0 Å². The SMILES string of the molecule is CCc1cccc(C)c1NC(=O)CN1CCN(Cc2cccc(C)c2)CC1. The van der Waals surface area contributed by atoms with Gasteiger partial charge in [0.2, 0.25) is 5.91 Å². The van der Waals surface area contributed by atoms with Crippen LogP contribution in [0.1, 0.15) is 29.2 Å². The maximum atomic E-state index is 12.5. The number of piperazine rings is 1. The van der Waals surface area contributed by atoms with E-state index < -0.39 is 0 Å². The van der Waals surface area contributed by atoms with Crippen molar-refractivity contribution in [2.45, 2.75) is 33.7 Å². The van der Waals surface area contributed by atoms with Crippen LogP contribution in [0.2, 0.25) is 0 Å². The van der Waals surface area contributed by atoms with Crippen LogP contribution in [-0.4, -0.2) is 48.4 Å². The van der Waals surface area contributed by atoms with Crippen LogP contribution in [0, 0.1) is 13.8 Å². The number of amides is 1. The van der Waals surface area contributed by atoms with Crippen LogP contribution in [0.5, 0.6) is 0 Å². The minimum atomic E-state index is 0.0890. The fraction of sp³-hybridized carbons (Fsp3) is 0.435. The smallest absolute Gasteiger partial charge is 0.238 e. The Labute approximate surface area is 163 Å². The molecule has 1 N–H and O–H groups in total. The number of nitrogens with one attached hydrogen (secondary N) is 1. The van der Waals surface area contributed by atoms with E-state index in [0.717, 1.165) is 50.4 Å². The van der Waals surface area contributed by atoms with Gasteiger partial charge >= 0.3 is 0 Å². The molecule has 2 aromatic rings. The number of nitrogens with zero attached hydrogens (tertiary/aromatic N) is 2. The maximum Gasteiger partial charge on any atom is 0.238 e. The third-order valence-electron chi connectivity index (χ3n) is 5.33. The second kappa shape index (κ2) is 9.16. The Bertz CT molecular complexity index is 779. The Morgan fingerprint density at radius 3 is 2.41 bits per heavy atom. The standard InChI is InChI=1S/C23H31N3O/c1-4-21-10-6-8-19(3)23(21)24-22(27)17-26-13-11-25(12-14-26)16-20-9-5-7-18(2)15-20/h5-10,15H,4,11-14,16-17H2,1-3H3,(H,24,27).